The molecule has 0 spiro atoms. The highest BCUT2D eigenvalue weighted by atomic mass is 16.3. The van der Waals surface area contributed by atoms with Gasteiger partial charge in [0.25, 0.3) is 0 Å². The van der Waals surface area contributed by atoms with Crippen molar-refractivity contribution in [3.63, 3.8) is 0 Å². The first-order valence-electron chi connectivity index (χ1n) is 42.0. The molecule has 12 saturated carbocycles. The lowest BCUT2D eigenvalue weighted by Crippen LogP contribution is -2.62. The molecule has 0 heterocycles. The third-order valence-corrected chi connectivity index (χ3v) is 34.7. The normalized spacial score (nSPS) is 48.1. The van der Waals surface area contributed by atoms with Gasteiger partial charge in [-0.05, 0) is 339 Å². The summed E-state index contributed by atoms with van der Waals surface area (Å²) in [6.07, 6.45) is 20.6. The number of carbonyl (C=O) groups is 4. The largest absolute Gasteiger partial charge is 0.393 e. The van der Waals surface area contributed by atoms with E-state index in [9.17, 15) is 65.1 Å². The van der Waals surface area contributed by atoms with Gasteiger partial charge in [0.1, 0.15) is 6.04 Å². The number of fused-ring (bicyclic) bond motifs is 15. The van der Waals surface area contributed by atoms with Crippen LogP contribution in [0, 0.1) is 139 Å². The van der Waals surface area contributed by atoms with E-state index < -0.39 is 48.1 Å². The molecular weight excluding hydrogens is 1270 g/mol. The summed E-state index contributed by atoms with van der Waals surface area (Å²) in [7, 11) is 0. The van der Waals surface area contributed by atoms with Crippen LogP contribution >= 0.6 is 0 Å². The summed E-state index contributed by atoms with van der Waals surface area (Å²) in [5.41, 5.74) is -1.02. The van der Waals surface area contributed by atoms with E-state index in [4.69, 9.17) is 0 Å². The Morgan fingerprint density at radius 3 is 1.08 bits per heavy atom. The van der Waals surface area contributed by atoms with Crippen LogP contribution in [0.1, 0.15) is 281 Å². The molecule has 17 heteroatoms. The van der Waals surface area contributed by atoms with Crippen LogP contribution in [0.25, 0.3) is 0 Å². The molecule has 4 amide bonds. The van der Waals surface area contributed by atoms with Gasteiger partial charge in [0.15, 0.2) is 0 Å². The van der Waals surface area contributed by atoms with Gasteiger partial charge in [-0.1, -0.05) is 62.3 Å². The molecule has 0 aromatic heterocycles. The van der Waals surface area contributed by atoms with Crippen molar-refractivity contribution < 1.29 is 65.1 Å². The molecule has 12 aliphatic rings. The Bertz CT molecular complexity index is 2870. The summed E-state index contributed by atoms with van der Waals surface area (Å²) >= 11 is 0. The number of amides is 4. The van der Waals surface area contributed by atoms with Gasteiger partial charge in [-0.25, -0.2) is 0 Å². The zero-order valence-electron chi connectivity index (χ0n) is 64.1. The Hall–Kier alpha value is -2.48. The molecule has 576 valence electrons. The quantitative estimate of drug-likeness (QED) is 0.0379. The number of carbonyl (C=O) groups excluding carboxylic acids is 4. The predicted octanol–water partition coefficient (Wildman–Crippen LogP) is 10.7. The summed E-state index contributed by atoms with van der Waals surface area (Å²) in [4.78, 5) is 55.4. The summed E-state index contributed by atoms with van der Waals surface area (Å²) in [5.74, 6) is 3.33. The molecule has 12 fully saturated rings. The molecule has 12 rings (SSSR count). The summed E-state index contributed by atoms with van der Waals surface area (Å²) in [6.45, 7) is 23.4. The molecule has 17 nitrogen and oxygen atoms in total. The fraction of sp³-hybridized carbons (Fsp3) is 0.952. The molecular formula is C84H142N4O13. The van der Waals surface area contributed by atoms with Crippen LogP contribution in [0.15, 0.2) is 0 Å². The van der Waals surface area contributed by atoms with Crippen molar-refractivity contribution in [2.45, 2.75) is 348 Å². The first-order valence-corrected chi connectivity index (χ1v) is 42.0. The predicted molar refractivity (Wildman–Crippen MR) is 390 cm³/mol. The van der Waals surface area contributed by atoms with Crippen LogP contribution in [-0.4, -0.2) is 150 Å². The second kappa shape index (κ2) is 30.9. The second-order valence-electron chi connectivity index (χ2n) is 39.3. The lowest BCUT2D eigenvalue weighted by Gasteiger charge is -2.63. The van der Waals surface area contributed by atoms with E-state index in [-0.39, 0.29) is 188 Å². The van der Waals surface area contributed by atoms with Crippen molar-refractivity contribution in [2.75, 3.05) is 13.1 Å². The Labute approximate surface area is 607 Å². The Morgan fingerprint density at radius 1 is 0.366 bits per heavy atom. The van der Waals surface area contributed by atoms with Crippen molar-refractivity contribution in [1.82, 2.24) is 21.3 Å². The van der Waals surface area contributed by atoms with E-state index in [1.807, 2.05) is 6.92 Å². The van der Waals surface area contributed by atoms with E-state index in [1.54, 1.807) is 0 Å². The first kappa shape index (κ1) is 78.1. The van der Waals surface area contributed by atoms with Crippen molar-refractivity contribution in [3.05, 3.63) is 0 Å². The van der Waals surface area contributed by atoms with Gasteiger partial charge in [0.2, 0.25) is 23.6 Å². The zero-order valence-corrected chi connectivity index (χ0v) is 64.1. The van der Waals surface area contributed by atoms with Gasteiger partial charge in [-0.15, -0.1) is 0 Å². The third-order valence-electron chi connectivity index (χ3n) is 34.7. The first-order chi connectivity index (χ1) is 47.8. The molecule has 101 heavy (non-hydrogen) atoms. The molecule has 13 N–H and O–H groups in total. The van der Waals surface area contributed by atoms with Gasteiger partial charge < -0.3 is 67.2 Å². The minimum atomic E-state index is -0.769. The molecule has 0 aromatic rings. The molecule has 35 atom stereocenters. The lowest BCUT2D eigenvalue weighted by atomic mass is 9.43. The van der Waals surface area contributed by atoms with Crippen LogP contribution in [0.3, 0.4) is 0 Å². The molecule has 19 unspecified atom stereocenters. The topological polar surface area (TPSA) is 298 Å². The maximum Gasteiger partial charge on any atom is 0.242 e. The van der Waals surface area contributed by atoms with Crippen LogP contribution in [0.5, 0.6) is 0 Å². The summed E-state index contributed by atoms with van der Waals surface area (Å²) in [6, 6.07) is -0.829. The fourth-order valence-corrected chi connectivity index (χ4v) is 28.7. The van der Waals surface area contributed by atoms with E-state index >= 15 is 0 Å². The number of hydrogen-bond acceptors (Lipinski definition) is 13. The minimum absolute atomic E-state index is 0.0128. The van der Waals surface area contributed by atoms with Crippen LogP contribution in [0.2, 0.25) is 0 Å². The number of aliphatic hydroxyl groups excluding tert-OH is 9. The average Bonchev–Trinajstić information content (AvgIpc) is 1.65. The number of nitrogens with one attached hydrogen (secondary N) is 4. The summed E-state index contributed by atoms with van der Waals surface area (Å²) in [5, 5.41) is 116. The number of aliphatic hydroxyl groups is 9. The highest BCUT2D eigenvalue weighted by molar-refractivity contribution is 5.87. The number of hydrogen-bond donors (Lipinski definition) is 13. The van der Waals surface area contributed by atoms with Crippen molar-refractivity contribution >= 4 is 23.6 Å². The highest BCUT2D eigenvalue weighted by Crippen LogP contribution is 2.72. The molecule has 0 aromatic carbocycles. The van der Waals surface area contributed by atoms with Crippen LogP contribution in [0.4, 0.5) is 0 Å². The summed E-state index contributed by atoms with van der Waals surface area (Å²) < 4.78 is 0. The Morgan fingerprint density at radius 2 is 0.703 bits per heavy atom. The van der Waals surface area contributed by atoms with Gasteiger partial charge in [0.05, 0.1) is 54.9 Å². The highest BCUT2D eigenvalue weighted by Gasteiger charge is 2.69. The maximum atomic E-state index is 14.2. The van der Waals surface area contributed by atoms with E-state index in [0.717, 1.165) is 128 Å². The van der Waals surface area contributed by atoms with Crippen LogP contribution < -0.4 is 21.3 Å². The molecule has 0 saturated heterocycles. The van der Waals surface area contributed by atoms with Crippen molar-refractivity contribution in [3.8, 4) is 0 Å². The van der Waals surface area contributed by atoms with Crippen LogP contribution in [-0.2, 0) is 19.2 Å². The Balaban J connectivity index is 0.601. The molecule has 12 aliphatic carbocycles. The van der Waals surface area contributed by atoms with E-state index in [1.165, 1.54) is 0 Å². The number of unbranched alkanes of at least 4 members (excludes halogenated alkanes) is 2. The van der Waals surface area contributed by atoms with Crippen molar-refractivity contribution in [1.29, 1.82) is 0 Å². The third kappa shape index (κ3) is 14.5. The maximum absolute atomic E-state index is 14.2. The lowest BCUT2D eigenvalue weighted by molar-refractivity contribution is -0.207. The SMILES string of the molecule is CC(CCCCNC(=O)C(CCCCNC(=O)CCC(C)C1CC[C@H]2[C@H]3C(CC(O)[C@]12C)C1(C)CC[C@@H](O)C[C@@H]1C[C@@H]3O)NC(=O)CCC(C)C1CC[C@H]2[C@H]3C(CC(O)C12C)C1(C)CC[C@@H](O)C[C@@H]1C[C@@H]3O)NC(=O)CCC(C)C1CC[C@H]2[C@H]3C(CC(O)C12C)C1(C)CC[C@@H](O)C[C@@H]1C[C@@H]3O. The smallest absolute Gasteiger partial charge is 0.242 e. The second-order valence-corrected chi connectivity index (χ2v) is 39.3. The minimum Gasteiger partial charge on any atom is -0.393 e. The van der Waals surface area contributed by atoms with Gasteiger partial charge >= 0.3 is 0 Å². The van der Waals surface area contributed by atoms with Crippen molar-refractivity contribution in [2.24, 2.45) is 139 Å². The average molecular weight is 1420 g/mol. The molecule has 0 bridgehead atoms. The van der Waals surface area contributed by atoms with Gasteiger partial charge in [-0.2, -0.15) is 0 Å². The standard InChI is InChI=1S/C84H142N4O13/c1-46(56-20-23-59-75-62(43-69(95)82(56,59)8)79(5)32-29-53(89)37-50(79)40-66(75)92)17-26-72(98)85-35-14-12-16-65(88-74(100)28-19-48(3)58-22-25-61-77-64(45-71(97)84(58,61)10)81(7)34-31-55(91)39-52(81)42-68(77)94)78(101)86-36-13-11-15-49(4)87-73(99)27-18-47(2)57-21-24-60-76-63(44-70(96)83(57,60)9)80(6)33-30-54(90)38-51(80)41-67(76)93/h46-71,75-77,89-97H,11-45H2,1-10H3,(H,85,98)(H,86,101)(H,87,99)(H,88,100)/t46?,47?,48?,49?,50-,51-,52-,53-,54-,55-,56?,57?,58?,59+,60+,61+,62?,63?,64?,65?,66+,67+,68+,69?,70?,71?,75+,76+,77+,79?,80?,81?,82-,83?,84?/m1/s1. The number of rotatable bonds is 25. The monoisotopic (exact) mass is 1420 g/mol. The van der Waals surface area contributed by atoms with Gasteiger partial charge in [0, 0.05) is 38.4 Å². The van der Waals surface area contributed by atoms with Gasteiger partial charge in [-0.3, -0.25) is 19.2 Å². The van der Waals surface area contributed by atoms with E-state index in [0.29, 0.717) is 90.1 Å². The van der Waals surface area contributed by atoms with E-state index in [2.05, 4.69) is 83.6 Å². The molecule has 0 radical (unpaired) electrons. The Kier molecular flexibility index (Phi) is 23.9. The fourth-order valence-electron chi connectivity index (χ4n) is 28.7. The molecule has 0 aliphatic heterocycles. The zero-order chi connectivity index (χ0) is 72.6.